The van der Waals surface area contributed by atoms with Crippen LogP contribution in [0, 0.1) is 0 Å². The molecular weight excluding hydrogens is 244 g/mol. The maximum atomic E-state index is 5.69. The number of nitrogens with one attached hydrogen (secondary N) is 1. The topological polar surface area (TPSA) is 56.5 Å². The average Bonchev–Trinajstić information content (AvgIpc) is 2.93. The van der Waals surface area contributed by atoms with E-state index in [0.717, 1.165) is 29.4 Å². The van der Waals surface area contributed by atoms with Crippen LogP contribution in [0.5, 0.6) is 11.5 Å². The lowest BCUT2D eigenvalue weighted by Crippen LogP contribution is -2.15. The van der Waals surface area contributed by atoms with Gasteiger partial charge in [0, 0.05) is 5.56 Å². The molecule has 2 aromatic rings. The Morgan fingerprint density at radius 1 is 1.21 bits per heavy atom. The van der Waals surface area contributed by atoms with Crippen molar-refractivity contribution in [3.05, 3.63) is 30.3 Å². The van der Waals surface area contributed by atoms with E-state index in [0.29, 0.717) is 25.6 Å². The fourth-order valence-electron chi connectivity index (χ4n) is 1.95. The van der Waals surface area contributed by atoms with Gasteiger partial charge in [0.25, 0.3) is 0 Å². The minimum absolute atomic E-state index is 0.582. The second kappa shape index (κ2) is 5.32. The molecule has 0 spiro atoms. The molecule has 0 saturated heterocycles. The standard InChI is InChI=1S/C14H16N2O3/c1-2-15-9-14-16-8-13(19-14)10-3-4-11-12(7-10)18-6-5-17-11/h3-4,7-8,15H,2,5-6,9H2,1H3. The molecule has 1 aliphatic rings. The van der Waals surface area contributed by atoms with Crippen LogP contribution in [0.2, 0.25) is 0 Å². The van der Waals surface area contributed by atoms with Crippen LogP contribution in [0.1, 0.15) is 12.8 Å². The van der Waals surface area contributed by atoms with Gasteiger partial charge in [-0.3, -0.25) is 0 Å². The van der Waals surface area contributed by atoms with E-state index in [-0.39, 0.29) is 0 Å². The molecule has 0 radical (unpaired) electrons. The van der Waals surface area contributed by atoms with Crippen LogP contribution in [-0.2, 0) is 6.54 Å². The summed E-state index contributed by atoms with van der Waals surface area (Å²) in [6.07, 6.45) is 1.73. The molecule has 19 heavy (non-hydrogen) atoms. The Balaban J connectivity index is 1.83. The largest absolute Gasteiger partial charge is 0.486 e. The summed E-state index contributed by atoms with van der Waals surface area (Å²) >= 11 is 0. The van der Waals surface area contributed by atoms with E-state index in [4.69, 9.17) is 13.9 Å². The average molecular weight is 260 g/mol. The molecule has 2 heterocycles. The molecule has 3 rings (SSSR count). The summed E-state index contributed by atoms with van der Waals surface area (Å²) in [7, 11) is 0. The highest BCUT2D eigenvalue weighted by atomic mass is 16.6. The fraction of sp³-hybridized carbons (Fsp3) is 0.357. The van der Waals surface area contributed by atoms with Gasteiger partial charge in [0.15, 0.2) is 17.3 Å². The van der Waals surface area contributed by atoms with Gasteiger partial charge in [-0.15, -0.1) is 0 Å². The molecule has 0 bridgehead atoms. The maximum absolute atomic E-state index is 5.69. The third-order valence-electron chi connectivity index (χ3n) is 2.91. The molecule has 1 aromatic heterocycles. The number of hydrogen-bond donors (Lipinski definition) is 1. The monoisotopic (exact) mass is 260 g/mol. The van der Waals surface area contributed by atoms with Gasteiger partial charge < -0.3 is 19.2 Å². The second-order valence-corrected chi connectivity index (χ2v) is 4.26. The molecule has 1 N–H and O–H groups in total. The molecule has 0 unspecified atom stereocenters. The van der Waals surface area contributed by atoms with Crippen molar-refractivity contribution in [3.8, 4) is 22.8 Å². The Hall–Kier alpha value is -2.01. The Labute approximate surface area is 111 Å². The van der Waals surface area contributed by atoms with Crippen LogP contribution in [-0.4, -0.2) is 24.7 Å². The first-order valence-electron chi connectivity index (χ1n) is 6.42. The third-order valence-corrected chi connectivity index (χ3v) is 2.91. The summed E-state index contributed by atoms with van der Waals surface area (Å²) in [5.74, 6) is 2.97. The number of ether oxygens (including phenoxy) is 2. The molecule has 5 heteroatoms. The Bertz CT molecular complexity index is 566. The lowest BCUT2D eigenvalue weighted by Gasteiger charge is -2.18. The molecule has 1 aliphatic heterocycles. The number of oxazole rings is 1. The number of rotatable bonds is 4. The van der Waals surface area contributed by atoms with Crippen molar-refractivity contribution >= 4 is 0 Å². The number of hydrogen-bond acceptors (Lipinski definition) is 5. The van der Waals surface area contributed by atoms with Gasteiger partial charge in [-0.25, -0.2) is 4.98 Å². The molecule has 0 fully saturated rings. The summed E-state index contributed by atoms with van der Waals surface area (Å²) in [6, 6.07) is 5.77. The smallest absolute Gasteiger partial charge is 0.208 e. The molecule has 0 amide bonds. The predicted octanol–water partition coefficient (Wildman–Crippen LogP) is 2.22. The van der Waals surface area contributed by atoms with Crippen LogP contribution in [0.15, 0.2) is 28.8 Å². The number of benzene rings is 1. The summed E-state index contributed by atoms with van der Waals surface area (Å²) in [4.78, 5) is 4.24. The van der Waals surface area contributed by atoms with Crippen LogP contribution in [0.25, 0.3) is 11.3 Å². The van der Waals surface area contributed by atoms with Crippen molar-refractivity contribution in [3.63, 3.8) is 0 Å². The zero-order chi connectivity index (χ0) is 13.1. The maximum Gasteiger partial charge on any atom is 0.208 e. The van der Waals surface area contributed by atoms with E-state index in [1.54, 1.807) is 6.20 Å². The first kappa shape index (κ1) is 12.0. The van der Waals surface area contributed by atoms with E-state index in [2.05, 4.69) is 10.3 Å². The van der Waals surface area contributed by atoms with Crippen molar-refractivity contribution in [2.24, 2.45) is 0 Å². The lowest BCUT2D eigenvalue weighted by molar-refractivity contribution is 0.171. The van der Waals surface area contributed by atoms with Gasteiger partial charge in [0.05, 0.1) is 12.7 Å². The van der Waals surface area contributed by atoms with E-state index < -0.39 is 0 Å². The predicted molar refractivity (Wildman–Crippen MR) is 70.3 cm³/mol. The van der Waals surface area contributed by atoms with Crippen molar-refractivity contribution in [1.82, 2.24) is 10.3 Å². The van der Waals surface area contributed by atoms with Gasteiger partial charge in [0.1, 0.15) is 13.2 Å². The van der Waals surface area contributed by atoms with Crippen LogP contribution in [0.3, 0.4) is 0 Å². The van der Waals surface area contributed by atoms with Gasteiger partial charge in [0.2, 0.25) is 5.89 Å². The summed E-state index contributed by atoms with van der Waals surface area (Å²) in [6.45, 7) is 4.76. The van der Waals surface area contributed by atoms with Gasteiger partial charge in [-0.05, 0) is 24.7 Å². The molecule has 0 aliphatic carbocycles. The van der Waals surface area contributed by atoms with Gasteiger partial charge >= 0.3 is 0 Å². The number of aromatic nitrogens is 1. The normalized spacial score (nSPS) is 13.5. The lowest BCUT2D eigenvalue weighted by atomic mass is 10.1. The first-order valence-corrected chi connectivity index (χ1v) is 6.42. The number of fused-ring (bicyclic) bond motifs is 1. The van der Waals surface area contributed by atoms with Crippen molar-refractivity contribution in [2.75, 3.05) is 19.8 Å². The fourth-order valence-corrected chi connectivity index (χ4v) is 1.95. The highest BCUT2D eigenvalue weighted by Crippen LogP contribution is 2.34. The van der Waals surface area contributed by atoms with E-state index >= 15 is 0 Å². The molecule has 0 atom stereocenters. The Morgan fingerprint density at radius 2 is 2.05 bits per heavy atom. The first-order chi connectivity index (χ1) is 9.36. The summed E-state index contributed by atoms with van der Waals surface area (Å²) in [5, 5.41) is 3.18. The van der Waals surface area contributed by atoms with E-state index in [9.17, 15) is 0 Å². The molecule has 0 saturated carbocycles. The van der Waals surface area contributed by atoms with Crippen LogP contribution >= 0.6 is 0 Å². The molecule has 100 valence electrons. The minimum atomic E-state index is 0.582. The van der Waals surface area contributed by atoms with Gasteiger partial charge in [-0.1, -0.05) is 6.92 Å². The summed E-state index contributed by atoms with van der Waals surface area (Å²) < 4.78 is 16.7. The zero-order valence-electron chi connectivity index (χ0n) is 10.8. The van der Waals surface area contributed by atoms with Crippen molar-refractivity contribution in [1.29, 1.82) is 0 Å². The highest BCUT2D eigenvalue weighted by Gasteiger charge is 2.14. The highest BCUT2D eigenvalue weighted by molar-refractivity contribution is 5.62. The van der Waals surface area contributed by atoms with Crippen LogP contribution < -0.4 is 14.8 Å². The minimum Gasteiger partial charge on any atom is -0.486 e. The second-order valence-electron chi connectivity index (χ2n) is 4.26. The van der Waals surface area contributed by atoms with E-state index in [1.807, 2.05) is 25.1 Å². The van der Waals surface area contributed by atoms with Gasteiger partial charge in [-0.2, -0.15) is 0 Å². The number of nitrogens with zero attached hydrogens (tertiary/aromatic N) is 1. The zero-order valence-corrected chi connectivity index (χ0v) is 10.8. The van der Waals surface area contributed by atoms with Crippen molar-refractivity contribution < 1.29 is 13.9 Å². The van der Waals surface area contributed by atoms with Crippen LogP contribution in [0.4, 0.5) is 0 Å². The quantitative estimate of drug-likeness (QED) is 0.913. The molecule has 5 nitrogen and oxygen atoms in total. The molecule has 1 aromatic carbocycles. The van der Waals surface area contributed by atoms with Crippen molar-refractivity contribution in [2.45, 2.75) is 13.5 Å². The SMILES string of the molecule is CCNCc1ncc(-c2ccc3c(c2)OCCO3)o1. The molecular formula is C14H16N2O3. The van der Waals surface area contributed by atoms with E-state index in [1.165, 1.54) is 0 Å². The Kier molecular flexibility index (Phi) is 3.37. The summed E-state index contributed by atoms with van der Waals surface area (Å²) in [5.41, 5.74) is 0.944. The Morgan fingerprint density at radius 3 is 2.89 bits per heavy atom. The third kappa shape index (κ3) is 2.56.